The van der Waals surface area contributed by atoms with Crippen LogP contribution in [0.2, 0.25) is 0 Å². The molecule has 0 spiro atoms. The van der Waals surface area contributed by atoms with Crippen LogP contribution in [0.4, 0.5) is 0 Å². The highest BCUT2D eigenvalue weighted by Crippen LogP contribution is 2.23. The van der Waals surface area contributed by atoms with E-state index in [4.69, 9.17) is 14.2 Å². The number of rotatable bonds is 30. The molecular formula is C44H69NO10. The molecular weight excluding hydrogens is 702 g/mol. The molecule has 7 unspecified atom stereocenters. The first kappa shape index (κ1) is 46.6. The van der Waals surface area contributed by atoms with Crippen molar-refractivity contribution >= 4 is 11.7 Å². The van der Waals surface area contributed by atoms with Crippen molar-refractivity contribution in [1.82, 2.24) is 5.32 Å². The molecule has 0 saturated carbocycles. The van der Waals surface area contributed by atoms with Gasteiger partial charge in [-0.15, -0.1) is 0 Å². The summed E-state index contributed by atoms with van der Waals surface area (Å²) in [5.41, 5.74) is 2.17. The van der Waals surface area contributed by atoms with Gasteiger partial charge in [0.2, 0.25) is 5.91 Å². The highest BCUT2D eigenvalue weighted by Gasteiger charge is 2.44. The highest BCUT2D eigenvalue weighted by molar-refractivity contribution is 6.09. The van der Waals surface area contributed by atoms with Crippen LogP contribution in [0.15, 0.2) is 54.6 Å². The number of benzene rings is 2. The molecule has 1 fully saturated rings. The lowest BCUT2D eigenvalue weighted by atomic mass is 9.99. The van der Waals surface area contributed by atoms with E-state index in [1.807, 2.05) is 36.4 Å². The quantitative estimate of drug-likeness (QED) is 0.0400. The topological polar surface area (TPSA) is 175 Å². The summed E-state index contributed by atoms with van der Waals surface area (Å²) in [6.45, 7) is 2.35. The summed E-state index contributed by atoms with van der Waals surface area (Å²) < 4.78 is 17.1. The standard InChI is InChI=1S/C44H69NO10/c1-2-3-4-5-6-7-8-9-10-11-12-13-18-26-37(47)36(32-54-44-43(52)42(51)41(50)38(30-46)55-44)45-39(48)27-19-15-20-28-53-31-33-22-21-25-35(29-33)40(49)34-23-16-14-17-24-34/h14,16-17,21-25,29,36-38,41-44,46-47,50-52H,2-13,15,18-20,26-28,30-32H2,1H3,(H,45,48). The van der Waals surface area contributed by atoms with Gasteiger partial charge < -0.3 is 45.1 Å². The molecule has 0 radical (unpaired) electrons. The van der Waals surface area contributed by atoms with E-state index < -0.39 is 49.5 Å². The number of carbonyl (C=O) groups excluding carboxylic acids is 2. The lowest BCUT2D eigenvalue weighted by Crippen LogP contribution is -2.60. The minimum Gasteiger partial charge on any atom is -0.394 e. The predicted octanol–water partition coefficient (Wildman–Crippen LogP) is 6.14. The maximum atomic E-state index is 13.0. The molecule has 0 bridgehead atoms. The number of aliphatic hydroxyl groups excluding tert-OH is 5. The van der Waals surface area contributed by atoms with Gasteiger partial charge in [-0.3, -0.25) is 9.59 Å². The second-order valence-electron chi connectivity index (χ2n) is 15.1. The van der Waals surface area contributed by atoms with Crippen LogP contribution in [-0.4, -0.2) is 99.9 Å². The molecule has 3 rings (SSSR count). The van der Waals surface area contributed by atoms with E-state index >= 15 is 0 Å². The number of hydrogen-bond donors (Lipinski definition) is 6. The molecule has 1 heterocycles. The van der Waals surface area contributed by atoms with Crippen molar-refractivity contribution in [3.8, 4) is 0 Å². The maximum absolute atomic E-state index is 13.0. The Morgan fingerprint density at radius 3 is 2.02 bits per heavy atom. The number of carbonyl (C=O) groups is 2. The van der Waals surface area contributed by atoms with Gasteiger partial charge in [-0.2, -0.15) is 0 Å². The third-order valence-electron chi connectivity index (χ3n) is 10.4. The molecule has 1 aliphatic heterocycles. The first-order valence-electron chi connectivity index (χ1n) is 20.9. The number of aliphatic hydroxyl groups is 5. The minimum atomic E-state index is -1.59. The Labute approximate surface area is 328 Å². The average Bonchev–Trinajstić information content (AvgIpc) is 3.20. The Bertz CT molecular complexity index is 1310. The molecule has 11 heteroatoms. The van der Waals surface area contributed by atoms with Crippen molar-refractivity contribution in [2.45, 2.75) is 172 Å². The Kier molecular flexibility index (Phi) is 23.6. The van der Waals surface area contributed by atoms with Gasteiger partial charge in [-0.05, 0) is 30.9 Å². The maximum Gasteiger partial charge on any atom is 0.220 e. The van der Waals surface area contributed by atoms with Gasteiger partial charge >= 0.3 is 0 Å². The van der Waals surface area contributed by atoms with E-state index in [0.29, 0.717) is 37.2 Å². The van der Waals surface area contributed by atoms with E-state index in [9.17, 15) is 35.1 Å². The van der Waals surface area contributed by atoms with Crippen LogP contribution >= 0.6 is 0 Å². The second kappa shape index (κ2) is 27.8. The van der Waals surface area contributed by atoms with Crippen molar-refractivity contribution in [2.75, 3.05) is 19.8 Å². The molecule has 2 aromatic carbocycles. The summed E-state index contributed by atoms with van der Waals surface area (Å²) in [7, 11) is 0. The van der Waals surface area contributed by atoms with Gasteiger partial charge in [0.1, 0.15) is 24.4 Å². The molecule has 2 aromatic rings. The largest absolute Gasteiger partial charge is 0.394 e. The minimum absolute atomic E-state index is 0.0319. The van der Waals surface area contributed by atoms with Gasteiger partial charge in [0.25, 0.3) is 0 Å². The van der Waals surface area contributed by atoms with Gasteiger partial charge in [0.05, 0.1) is 32.0 Å². The lowest BCUT2D eigenvalue weighted by Gasteiger charge is -2.40. The van der Waals surface area contributed by atoms with Gasteiger partial charge in [0.15, 0.2) is 12.1 Å². The molecule has 1 aliphatic rings. The molecule has 0 aromatic heterocycles. The predicted molar refractivity (Wildman–Crippen MR) is 212 cm³/mol. The zero-order valence-corrected chi connectivity index (χ0v) is 33.1. The van der Waals surface area contributed by atoms with Crippen LogP contribution < -0.4 is 5.32 Å². The molecule has 7 atom stereocenters. The molecule has 6 N–H and O–H groups in total. The van der Waals surface area contributed by atoms with Crippen LogP contribution in [0.1, 0.15) is 144 Å². The van der Waals surface area contributed by atoms with Gasteiger partial charge in [-0.1, -0.05) is 145 Å². The highest BCUT2D eigenvalue weighted by atomic mass is 16.7. The van der Waals surface area contributed by atoms with Crippen LogP contribution in [-0.2, 0) is 25.6 Å². The lowest BCUT2D eigenvalue weighted by molar-refractivity contribution is -0.302. The second-order valence-corrected chi connectivity index (χ2v) is 15.1. The number of nitrogens with one attached hydrogen (secondary N) is 1. The van der Waals surface area contributed by atoms with E-state index in [2.05, 4.69) is 12.2 Å². The Morgan fingerprint density at radius 2 is 1.36 bits per heavy atom. The van der Waals surface area contributed by atoms with Crippen molar-refractivity contribution < 1.29 is 49.3 Å². The molecule has 0 aliphatic carbocycles. The molecule has 1 saturated heterocycles. The fourth-order valence-corrected chi connectivity index (χ4v) is 6.92. The number of amides is 1. The van der Waals surface area contributed by atoms with E-state index in [1.54, 1.807) is 18.2 Å². The van der Waals surface area contributed by atoms with Gasteiger partial charge in [0, 0.05) is 24.2 Å². The summed E-state index contributed by atoms with van der Waals surface area (Å²) in [5, 5.41) is 54.3. The fraction of sp³-hybridized carbons (Fsp3) is 0.682. The third-order valence-corrected chi connectivity index (χ3v) is 10.4. The molecule has 11 nitrogen and oxygen atoms in total. The van der Waals surface area contributed by atoms with Crippen molar-refractivity contribution in [3.05, 3.63) is 71.3 Å². The molecule has 310 valence electrons. The first-order chi connectivity index (χ1) is 26.7. The summed E-state index contributed by atoms with van der Waals surface area (Å²) >= 11 is 0. The number of unbranched alkanes of at least 4 members (excludes halogenated alkanes) is 14. The first-order valence-corrected chi connectivity index (χ1v) is 20.9. The summed E-state index contributed by atoms with van der Waals surface area (Å²) in [5.74, 6) is -0.275. The Morgan fingerprint density at radius 1 is 0.745 bits per heavy atom. The zero-order chi connectivity index (χ0) is 39.7. The Hall–Kier alpha value is -2.74. The van der Waals surface area contributed by atoms with E-state index in [1.165, 1.54) is 64.2 Å². The molecule has 55 heavy (non-hydrogen) atoms. The SMILES string of the molecule is CCCCCCCCCCCCCCCC(O)C(COC1OC(CO)C(O)C(O)C1O)NC(=O)CCCCCOCc1cccc(C(=O)c2ccccc2)c1. The normalized spacial score (nSPS) is 20.9. The monoisotopic (exact) mass is 771 g/mol. The van der Waals surface area contributed by atoms with Crippen LogP contribution in [0.25, 0.3) is 0 Å². The number of hydrogen-bond acceptors (Lipinski definition) is 10. The third kappa shape index (κ3) is 17.9. The van der Waals surface area contributed by atoms with Crippen LogP contribution in [0.3, 0.4) is 0 Å². The van der Waals surface area contributed by atoms with Gasteiger partial charge in [-0.25, -0.2) is 0 Å². The van der Waals surface area contributed by atoms with Crippen LogP contribution in [0, 0.1) is 0 Å². The zero-order valence-electron chi connectivity index (χ0n) is 33.1. The van der Waals surface area contributed by atoms with Crippen molar-refractivity contribution in [2.24, 2.45) is 0 Å². The Balaban J connectivity index is 1.37. The van der Waals surface area contributed by atoms with E-state index in [-0.39, 0.29) is 24.7 Å². The summed E-state index contributed by atoms with van der Waals surface area (Å²) in [6.07, 6.45) is 10.5. The average molecular weight is 772 g/mol. The summed E-state index contributed by atoms with van der Waals surface area (Å²) in [6, 6.07) is 15.8. The number of ketones is 1. The van der Waals surface area contributed by atoms with Crippen molar-refractivity contribution in [1.29, 1.82) is 0 Å². The van der Waals surface area contributed by atoms with Crippen LogP contribution in [0.5, 0.6) is 0 Å². The number of ether oxygens (including phenoxy) is 3. The summed E-state index contributed by atoms with van der Waals surface area (Å²) in [4.78, 5) is 25.8. The molecule has 1 amide bonds. The fourth-order valence-electron chi connectivity index (χ4n) is 6.92. The van der Waals surface area contributed by atoms with Crippen molar-refractivity contribution in [3.63, 3.8) is 0 Å². The van der Waals surface area contributed by atoms with E-state index in [0.717, 1.165) is 37.7 Å². The smallest absolute Gasteiger partial charge is 0.220 e.